The van der Waals surface area contributed by atoms with E-state index in [-0.39, 0.29) is 18.4 Å². The van der Waals surface area contributed by atoms with Crippen molar-refractivity contribution in [1.82, 2.24) is 15.3 Å². The van der Waals surface area contributed by atoms with Gasteiger partial charge >= 0.3 is 0 Å². The Labute approximate surface area is 145 Å². The topological polar surface area (TPSA) is 86.9 Å². The van der Waals surface area contributed by atoms with Crippen LogP contribution in [-0.2, 0) is 4.79 Å². The summed E-state index contributed by atoms with van der Waals surface area (Å²) >= 11 is 0. The molecule has 3 N–H and O–H groups in total. The number of imidazole rings is 1. The largest absolute Gasteiger partial charge is 0.343 e. The van der Waals surface area contributed by atoms with E-state index in [1.807, 2.05) is 36.4 Å². The zero-order chi connectivity index (χ0) is 17.8. The van der Waals surface area contributed by atoms with Crippen LogP contribution in [0.25, 0.3) is 11.0 Å². The predicted octanol–water partition coefficient (Wildman–Crippen LogP) is 3.05. The third kappa shape index (κ3) is 4.03. The monoisotopic (exact) mass is 336 g/mol. The van der Waals surface area contributed by atoms with Crippen molar-refractivity contribution in [3.05, 3.63) is 59.7 Å². The van der Waals surface area contributed by atoms with E-state index in [1.54, 1.807) is 12.1 Å². The molecule has 0 spiro atoms. The zero-order valence-electron chi connectivity index (χ0n) is 14.2. The van der Waals surface area contributed by atoms with E-state index >= 15 is 0 Å². The molecule has 25 heavy (non-hydrogen) atoms. The first kappa shape index (κ1) is 16.7. The Balaban J connectivity index is 1.55. The lowest BCUT2D eigenvalue weighted by Gasteiger charge is -2.08. The molecule has 2 aromatic carbocycles. The molecule has 6 nitrogen and oxygen atoms in total. The number of nitrogens with one attached hydrogen (secondary N) is 3. The van der Waals surface area contributed by atoms with Gasteiger partial charge in [0, 0.05) is 5.56 Å². The molecule has 0 atom stereocenters. The van der Waals surface area contributed by atoms with E-state index in [9.17, 15) is 9.59 Å². The Morgan fingerprint density at radius 2 is 1.80 bits per heavy atom. The molecule has 0 aliphatic heterocycles. The van der Waals surface area contributed by atoms with Gasteiger partial charge in [-0.3, -0.25) is 14.9 Å². The standard InChI is InChI=1S/C19H20N4O2/c1-12(2)13-7-9-14(10-8-13)18(25)20-11-17(24)23-19-21-15-5-3-4-6-16(15)22-19/h3-10,12H,11H2,1-2H3,(H,20,25)(H2,21,22,23,24). The van der Waals surface area contributed by atoms with Crippen molar-refractivity contribution in [3.8, 4) is 0 Å². The van der Waals surface area contributed by atoms with Crippen LogP contribution in [0.2, 0.25) is 0 Å². The molecule has 0 aliphatic rings. The Morgan fingerprint density at radius 1 is 1.08 bits per heavy atom. The third-order valence-electron chi connectivity index (χ3n) is 3.90. The molecular formula is C19H20N4O2. The minimum absolute atomic E-state index is 0.123. The first-order valence-corrected chi connectivity index (χ1v) is 8.15. The van der Waals surface area contributed by atoms with Crippen LogP contribution in [0.5, 0.6) is 0 Å². The number of aromatic amines is 1. The quantitative estimate of drug-likeness (QED) is 0.669. The summed E-state index contributed by atoms with van der Waals surface area (Å²) in [5.41, 5.74) is 3.30. The summed E-state index contributed by atoms with van der Waals surface area (Å²) in [5, 5.41) is 5.25. The minimum atomic E-state index is -0.341. The van der Waals surface area contributed by atoms with Crippen LogP contribution in [0.1, 0.15) is 35.7 Å². The summed E-state index contributed by atoms with van der Waals surface area (Å²) in [7, 11) is 0. The lowest BCUT2D eigenvalue weighted by Crippen LogP contribution is -2.33. The molecule has 0 aliphatic carbocycles. The number of amides is 2. The molecule has 1 aromatic heterocycles. The predicted molar refractivity (Wildman–Crippen MR) is 97.6 cm³/mol. The van der Waals surface area contributed by atoms with Crippen molar-refractivity contribution in [2.24, 2.45) is 0 Å². The number of fused-ring (bicyclic) bond motifs is 1. The fourth-order valence-electron chi connectivity index (χ4n) is 2.47. The van der Waals surface area contributed by atoms with E-state index in [2.05, 4.69) is 34.4 Å². The number of carbonyl (C=O) groups excluding carboxylic acids is 2. The molecule has 1 heterocycles. The van der Waals surface area contributed by atoms with E-state index in [0.29, 0.717) is 17.4 Å². The van der Waals surface area contributed by atoms with Crippen molar-refractivity contribution in [2.45, 2.75) is 19.8 Å². The molecule has 0 unspecified atom stereocenters. The van der Waals surface area contributed by atoms with Crippen molar-refractivity contribution in [3.63, 3.8) is 0 Å². The van der Waals surface area contributed by atoms with Gasteiger partial charge in [0.2, 0.25) is 11.9 Å². The SMILES string of the molecule is CC(C)c1ccc(C(=O)NCC(=O)Nc2nc3ccccc3[nH]2)cc1. The van der Waals surface area contributed by atoms with E-state index < -0.39 is 0 Å². The summed E-state index contributed by atoms with van der Waals surface area (Å²) in [6.07, 6.45) is 0. The van der Waals surface area contributed by atoms with Gasteiger partial charge in [0.1, 0.15) is 0 Å². The second kappa shape index (κ2) is 7.17. The van der Waals surface area contributed by atoms with Crippen LogP contribution >= 0.6 is 0 Å². The Hall–Kier alpha value is -3.15. The Bertz CT molecular complexity index is 864. The van der Waals surface area contributed by atoms with Crippen LogP contribution in [0.3, 0.4) is 0 Å². The van der Waals surface area contributed by atoms with E-state index in [0.717, 1.165) is 11.0 Å². The van der Waals surface area contributed by atoms with Gasteiger partial charge in [0.05, 0.1) is 17.6 Å². The normalized spacial score (nSPS) is 10.8. The minimum Gasteiger partial charge on any atom is -0.343 e. The number of hydrogen-bond acceptors (Lipinski definition) is 3. The highest BCUT2D eigenvalue weighted by Gasteiger charge is 2.10. The molecule has 0 bridgehead atoms. The maximum absolute atomic E-state index is 12.1. The summed E-state index contributed by atoms with van der Waals surface area (Å²) in [5.74, 6) is 0.148. The number of carbonyl (C=O) groups is 2. The maximum atomic E-state index is 12.1. The van der Waals surface area contributed by atoms with Crippen molar-refractivity contribution < 1.29 is 9.59 Å². The van der Waals surface area contributed by atoms with Gasteiger partial charge in [-0.25, -0.2) is 4.98 Å². The molecule has 0 saturated heterocycles. The van der Waals surface area contributed by atoms with Gasteiger partial charge in [-0.1, -0.05) is 38.1 Å². The number of nitrogens with zero attached hydrogens (tertiary/aromatic N) is 1. The maximum Gasteiger partial charge on any atom is 0.251 e. The molecule has 0 fully saturated rings. The van der Waals surface area contributed by atoms with Crippen LogP contribution in [0, 0.1) is 0 Å². The van der Waals surface area contributed by atoms with Gasteiger partial charge in [0.15, 0.2) is 0 Å². The Morgan fingerprint density at radius 3 is 2.48 bits per heavy atom. The van der Waals surface area contributed by atoms with E-state index in [4.69, 9.17) is 0 Å². The number of benzene rings is 2. The van der Waals surface area contributed by atoms with Crippen molar-refractivity contribution in [1.29, 1.82) is 0 Å². The molecule has 128 valence electrons. The average molecular weight is 336 g/mol. The Kier molecular flexibility index (Phi) is 4.79. The molecule has 3 rings (SSSR count). The molecular weight excluding hydrogens is 316 g/mol. The molecule has 6 heteroatoms. The molecule has 3 aromatic rings. The smallest absolute Gasteiger partial charge is 0.251 e. The van der Waals surface area contributed by atoms with Gasteiger partial charge < -0.3 is 10.3 Å². The van der Waals surface area contributed by atoms with Crippen molar-refractivity contribution >= 4 is 28.8 Å². The van der Waals surface area contributed by atoms with Gasteiger partial charge in [-0.15, -0.1) is 0 Å². The summed E-state index contributed by atoms with van der Waals surface area (Å²) < 4.78 is 0. The lowest BCUT2D eigenvalue weighted by molar-refractivity contribution is -0.115. The number of para-hydroxylation sites is 2. The number of anilines is 1. The molecule has 0 saturated carbocycles. The average Bonchev–Trinajstić information content (AvgIpc) is 3.01. The third-order valence-corrected chi connectivity index (χ3v) is 3.90. The highest BCUT2D eigenvalue weighted by molar-refractivity contribution is 5.99. The second-order valence-electron chi connectivity index (χ2n) is 6.11. The number of H-pyrrole nitrogens is 1. The zero-order valence-corrected chi connectivity index (χ0v) is 14.2. The van der Waals surface area contributed by atoms with Gasteiger partial charge in [-0.05, 0) is 35.7 Å². The van der Waals surface area contributed by atoms with E-state index in [1.165, 1.54) is 5.56 Å². The fraction of sp³-hybridized carbons (Fsp3) is 0.211. The highest BCUT2D eigenvalue weighted by Crippen LogP contribution is 2.15. The molecule has 2 amide bonds. The summed E-state index contributed by atoms with van der Waals surface area (Å²) in [6, 6.07) is 14.9. The van der Waals surface area contributed by atoms with Gasteiger partial charge in [-0.2, -0.15) is 0 Å². The summed E-state index contributed by atoms with van der Waals surface area (Å²) in [6.45, 7) is 4.07. The van der Waals surface area contributed by atoms with Crippen molar-refractivity contribution in [2.75, 3.05) is 11.9 Å². The number of hydrogen-bond donors (Lipinski definition) is 3. The summed E-state index contributed by atoms with van der Waals surface area (Å²) in [4.78, 5) is 31.4. The second-order valence-corrected chi connectivity index (χ2v) is 6.11. The fourth-order valence-corrected chi connectivity index (χ4v) is 2.47. The van der Waals surface area contributed by atoms with Crippen LogP contribution in [-0.4, -0.2) is 28.3 Å². The van der Waals surface area contributed by atoms with Crippen LogP contribution in [0.15, 0.2) is 48.5 Å². The van der Waals surface area contributed by atoms with Crippen LogP contribution < -0.4 is 10.6 Å². The first-order chi connectivity index (χ1) is 12.0. The lowest BCUT2D eigenvalue weighted by atomic mass is 10.0. The highest BCUT2D eigenvalue weighted by atomic mass is 16.2. The first-order valence-electron chi connectivity index (χ1n) is 8.15. The number of aromatic nitrogens is 2. The van der Waals surface area contributed by atoms with Crippen LogP contribution in [0.4, 0.5) is 5.95 Å². The number of rotatable bonds is 5. The molecule has 0 radical (unpaired) electrons. The van der Waals surface area contributed by atoms with Gasteiger partial charge in [0.25, 0.3) is 5.91 Å².